The fourth-order valence-corrected chi connectivity index (χ4v) is 4.58. The number of methoxy groups -OCH3 is 1. The maximum absolute atomic E-state index is 12.6. The average Bonchev–Trinajstić information content (AvgIpc) is 2.79. The molecule has 0 aromatic heterocycles. The van der Waals surface area contributed by atoms with Crippen molar-refractivity contribution in [1.82, 2.24) is 0 Å². The summed E-state index contributed by atoms with van der Waals surface area (Å²) in [6.45, 7) is 2.22. The van der Waals surface area contributed by atoms with Crippen molar-refractivity contribution in [3.8, 4) is 5.75 Å². The number of hydrogen-bond donors (Lipinski definition) is 3. The molecule has 33 heavy (non-hydrogen) atoms. The Labute approximate surface area is 198 Å². The van der Waals surface area contributed by atoms with E-state index in [0.717, 1.165) is 19.3 Å². The Kier molecular flexibility index (Phi) is 11.0. The van der Waals surface area contributed by atoms with Gasteiger partial charge in [-0.25, -0.2) is 8.42 Å². The topological polar surface area (TPSA) is 111 Å². The Morgan fingerprint density at radius 1 is 0.909 bits per heavy atom. The lowest BCUT2D eigenvalue weighted by atomic mass is 10.1. The van der Waals surface area contributed by atoms with Gasteiger partial charge in [-0.05, 0) is 42.8 Å². The van der Waals surface area contributed by atoms with Gasteiger partial charge >= 0.3 is 0 Å². The van der Waals surface area contributed by atoms with Crippen molar-refractivity contribution in [3.63, 3.8) is 0 Å². The highest BCUT2D eigenvalue weighted by atomic mass is 32.2. The van der Waals surface area contributed by atoms with Gasteiger partial charge in [0.05, 0.1) is 23.4 Å². The Morgan fingerprint density at radius 3 is 2.12 bits per heavy atom. The summed E-state index contributed by atoms with van der Waals surface area (Å²) < 4.78 is 33.0. The number of ether oxygens (including phenoxy) is 1. The van der Waals surface area contributed by atoms with Crippen molar-refractivity contribution in [2.45, 2.75) is 76.0 Å². The van der Waals surface area contributed by atoms with Crippen LogP contribution in [0.2, 0.25) is 0 Å². The van der Waals surface area contributed by atoms with Crippen LogP contribution in [0.4, 0.5) is 17.1 Å². The summed E-state index contributed by atoms with van der Waals surface area (Å²) in [5.74, 6) is 0.305. The number of sulfonamides is 1. The SMILES string of the molecule is CCCCCCCCCCCC(=O)Nc1ccc(NS(=O)(=O)c2ccc(N)cc2)cc1OC. The number of nitrogen functional groups attached to an aromatic ring is 1. The first-order valence-electron chi connectivity index (χ1n) is 11.7. The fourth-order valence-electron chi connectivity index (χ4n) is 3.53. The maximum Gasteiger partial charge on any atom is 0.261 e. The van der Waals surface area contributed by atoms with Crippen LogP contribution >= 0.6 is 0 Å². The lowest BCUT2D eigenvalue weighted by Gasteiger charge is -2.13. The van der Waals surface area contributed by atoms with Gasteiger partial charge in [0.15, 0.2) is 0 Å². The molecular formula is C25H37N3O4S. The number of unbranched alkanes of at least 4 members (excludes halogenated alkanes) is 8. The first kappa shape index (κ1) is 26.5. The van der Waals surface area contributed by atoms with Crippen molar-refractivity contribution in [3.05, 3.63) is 42.5 Å². The molecule has 0 aliphatic heterocycles. The predicted molar refractivity (Wildman–Crippen MR) is 135 cm³/mol. The number of carbonyl (C=O) groups is 1. The van der Waals surface area contributed by atoms with Crippen LogP contribution in [-0.2, 0) is 14.8 Å². The minimum absolute atomic E-state index is 0.0774. The number of anilines is 3. The van der Waals surface area contributed by atoms with E-state index in [1.807, 2.05) is 0 Å². The highest BCUT2D eigenvalue weighted by Gasteiger charge is 2.16. The molecule has 8 heteroatoms. The number of nitrogens with two attached hydrogens (primary N) is 1. The standard InChI is InChI=1S/C25H37N3O4S/c1-3-4-5-6-7-8-9-10-11-12-25(29)27-23-18-15-21(19-24(23)32-2)28-33(30,31)22-16-13-20(26)14-17-22/h13-19,28H,3-12,26H2,1-2H3,(H,27,29). The lowest BCUT2D eigenvalue weighted by Crippen LogP contribution is -2.14. The van der Waals surface area contributed by atoms with Crippen LogP contribution in [-0.4, -0.2) is 21.4 Å². The normalized spacial score (nSPS) is 11.2. The average molecular weight is 476 g/mol. The smallest absolute Gasteiger partial charge is 0.261 e. The summed E-state index contributed by atoms with van der Waals surface area (Å²) >= 11 is 0. The van der Waals surface area contributed by atoms with Gasteiger partial charge < -0.3 is 15.8 Å². The van der Waals surface area contributed by atoms with E-state index in [1.54, 1.807) is 18.2 Å². The monoisotopic (exact) mass is 475 g/mol. The summed E-state index contributed by atoms with van der Waals surface area (Å²) in [5.41, 5.74) is 6.95. The number of amides is 1. The highest BCUT2D eigenvalue weighted by molar-refractivity contribution is 7.92. The third kappa shape index (κ3) is 9.34. The van der Waals surface area contributed by atoms with Crippen molar-refractivity contribution < 1.29 is 17.9 Å². The highest BCUT2D eigenvalue weighted by Crippen LogP contribution is 2.29. The minimum Gasteiger partial charge on any atom is -0.494 e. The van der Waals surface area contributed by atoms with Gasteiger partial charge in [-0.3, -0.25) is 9.52 Å². The van der Waals surface area contributed by atoms with Gasteiger partial charge in [0, 0.05) is 18.2 Å². The van der Waals surface area contributed by atoms with Crippen LogP contribution in [0.3, 0.4) is 0 Å². The van der Waals surface area contributed by atoms with Crippen LogP contribution in [0.5, 0.6) is 5.75 Å². The first-order valence-corrected chi connectivity index (χ1v) is 13.2. The zero-order valence-electron chi connectivity index (χ0n) is 19.7. The predicted octanol–water partition coefficient (Wildman–Crippen LogP) is 5.94. The molecule has 0 radical (unpaired) electrons. The third-order valence-electron chi connectivity index (χ3n) is 5.43. The van der Waals surface area contributed by atoms with E-state index in [9.17, 15) is 13.2 Å². The zero-order valence-corrected chi connectivity index (χ0v) is 20.5. The van der Waals surface area contributed by atoms with E-state index in [0.29, 0.717) is 29.2 Å². The largest absolute Gasteiger partial charge is 0.494 e. The Hall–Kier alpha value is -2.74. The molecule has 0 saturated carbocycles. The number of nitrogens with one attached hydrogen (secondary N) is 2. The first-order chi connectivity index (χ1) is 15.9. The van der Waals surface area contributed by atoms with Crippen LogP contribution in [0.15, 0.2) is 47.4 Å². The molecule has 0 bridgehead atoms. The summed E-state index contributed by atoms with van der Waals surface area (Å²) in [5, 5.41) is 2.86. The van der Waals surface area contributed by atoms with Gasteiger partial charge in [-0.1, -0.05) is 58.3 Å². The van der Waals surface area contributed by atoms with Crippen LogP contribution in [0.1, 0.15) is 71.1 Å². The third-order valence-corrected chi connectivity index (χ3v) is 6.82. The van der Waals surface area contributed by atoms with Gasteiger partial charge in [0.25, 0.3) is 10.0 Å². The van der Waals surface area contributed by atoms with E-state index < -0.39 is 10.0 Å². The lowest BCUT2D eigenvalue weighted by molar-refractivity contribution is -0.116. The van der Waals surface area contributed by atoms with E-state index >= 15 is 0 Å². The Bertz CT molecular complexity index is 976. The second kappa shape index (κ2) is 13.7. The molecule has 2 rings (SSSR count). The van der Waals surface area contributed by atoms with Crippen LogP contribution < -0.4 is 20.5 Å². The summed E-state index contributed by atoms with van der Waals surface area (Å²) in [6, 6.07) is 10.7. The van der Waals surface area contributed by atoms with Crippen molar-refractivity contribution in [2.24, 2.45) is 0 Å². The molecule has 2 aromatic carbocycles. The van der Waals surface area contributed by atoms with Gasteiger partial charge in [0.1, 0.15) is 5.75 Å². The zero-order chi connectivity index (χ0) is 24.1. The number of rotatable bonds is 15. The molecule has 0 aliphatic carbocycles. The molecule has 2 aromatic rings. The number of benzene rings is 2. The van der Waals surface area contributed by atoms with Crippen molar-refractivity contribution in [1.29, 1.82) is 0 Å². The second-order valence-electron chi connectivity index (χ2n) is 8.22. The quantitative estimate of drug-likeness (QED) is 0.218. The van der Waals surface area contributed by atoms with Crippen molar-refractivity contribution in [2.75, 3.05) is 22.9 Å². The molecule has 0 aliphatic rings. The summed E-state index contributed by atoms with van der Waals surface area (Å²) in [7, 11) is -2.29. The van der Waals surface area contributed by atoms with E-state index in [1.165, 1.54) is 69.9 Å². The van der Waals surface area contributed by atoms with Crippen LogP contribution in [0, 0.1) is 0 Å². The summed E-state index contributed by atoms with van der Waals surface area (Å²) in [4.78, 5) is 12.4. The molecule has 1 amide bonds. The Morgan fingerprint density at radius 2 is 1.52 bits per heavy atom. The van der Waals surface area contributed by atoms with Crippen molar-refractivity contribution >= 4 is 33.0 Å². The van der Waals surface area contributed by atoms with Gasteiger partial charge in [-0.2, -0.15) is 0 Å². The van der Waals surface area contributed by atoms with E-state index in [4.69, 9.17) is 10.5 Å². The molecule has 0 heterocycles. The molecular weight excluding hydrogens is 438 g/mol. The molecule has 0 saturated heterocycles. The molecule has 7 nitrogen and oxygen atoms in total. The summed E-state index contributed by atoms with van der Waals surface area (Å²) in [6.07, 6.45) is 11.2. The molecule has 0 fully saturated rings. The number of carbonyl (C=O) groups excluding carboxylic acids is 1. The molecule has 182 valence electrons. The van der Waals surface area contributed by atoms with Gasteiger partial charge in [-0.15, -0.1) is 0 Å². The van der Waals surface area contributed by atoms with E-state index in [-0.39, 0.29) is 10.8 Å². The molecule has 0 spiro atoms. The maximum atomic E-state index is 12.6. The molecule has 0 atom stereocenters. The molecule has 0 unspecified atom stereocenters. The fraction of sp³-hybridized carbons (Fsp3) is 0.480. The molecule has 4 N–H and O–H groups in total. The second-order valence-corrected chi connectivity index (χ2v) is 9.90. The minimum atomic E-state index is -3.77. The Balaban J connectivity index is 1.83. The van der Waals surface area contributed by atoms with E-state index in [2.05, 4.69) is 17.0 Å². The number of hydrogen-bond acceptors (Lipinski definition) is 5. The van der Waals surface area contributed by atoms with Gasteiger partial charge in [0.2, 0.25) is 5.91 Å². The van der Waals surface area contributed by atoms with Crippen LogP contribution in [0.25, 0.3) is 0 Å².